The van der Waals surface area contributed by atoms with Crippen LogP contribution in [0, 0.1) is 0 Å². The highest BCUT2D eigenvalue weighted by atomic mass is 79.9. The molecule has 6 nitrogen and oxygen atoms in total. The summed E-state index contributed by atoms with van der Waals surface area (Å²) in [5, 5.41) is 4.85. The van der Waals surface area contributed by atoms with Crippen molar-refractivity contribution in [3.63, 3.8) is 0 Å². The van der Waals surface area contributed by atoms with E-state index in [1.165, 1.54) is 0 Å². The summed E-state index contributed by atoms with van der Waals surface area (Å²) in [4.78, 5) is 28.3. The standard InChI is InChI=1S/C18H18BrClN4O2/c1-22-12-15(19)17(21-22)18(26)24-10-8-23(9-11-24)16(25)7-4-13-2-5-14(20)6-3-13/h2-7,12H,8-11H2,1H3/b7-4+. The Kier molecular flexibility index (Phi) is 5.78. The van der Waals surface area contributed by atoms with E-state index < -0.39 is 0 Å². The highest BCUT2D eigenvalue weighted by molar-refractivity contribution is 9.10. The van der Waals surface area contributed by atoms with Gasteiger partial charge in [0.05, 0.1) is 4.47 Å². The van der Waals surface area contributed by atoms with Gasteiger partial charge in [0.15, 0.2) is 5.69 Å². The van der Waals surface area contributed by atoms with E-state index >= 15 is 0 Å². The highest BCUT2D eigenvalue weighted by Crippen LogP contribution is 2.17. The van der Waals surface area contributed by atoms with Crippen molar-refractivity contribution in [1.82, 2.24) is 19.6 Å². The molecule has 0 radical (unpaired) electrons. The summed E-state index contributed by atoms with van der Waals surface area (Å²) in [6.07, 6.45) is 5.06. The van der Waals surface area contributed by atoms with E-state index in [9.17, 15) is 9.59 Å². The molecule has 2 amide bonds. The van der Waals surface area contributed by atoms with Gasteiger partial charge in [0, 0.05) is 50.5 Å². The monoisotopic (exact) mass is 436 g/mol. The Labute approximate surface area is 165 Å². The lowest BCUT2D eigenvalue weighted by molar-refractivity contribution is -0.127. The van der Waals surface area contributed by atoms with E-state index in [1.807, 2.05) is 12.1 Å². The zero-order chi connectivity index (χ0) is 18.7. The number of rotatable bonds is 3. The first-order valence-corrected chi connectivity index (χ1v) is 9.32. The van der Waals surface area contributed by atoms with Crippen LogP contribution in [0.15, 0.2) is 41.0 Å². The largest absolute Gasteiger partial charge is 0.336 e. The van der Waals surface area contributed by atoms with Crippen molar-refractivity contribution in [1.29, 1.82) is 0 Å². The van der Waals surface area contributed by atoms with Crippen molar-refractivity contribution >= 4 is 45.4 Å². The molecule has 8 heteroatoms. The smallest absolute Gasteiger partial charge is 0.275 e. The lowest BCUT2D eigenvalue weighted by Crippen LogP contribution is -2.50. The van der Waals surface area contributed by atoms with Crippen LogP contribution in [0.3, 0.4) is 0 Å². The number of aryl methyl sites for hydroxylation is 1. The molecule has 1 aromatic heterocycles. The Balaban J connectivity index is 1.56. The number of amides is 2. The van der Waals surface area contributed by atoms with Crippen LogP contribution in [0.2, 0.25) is 5.02 Å². The number of halogens is 2. The molecule has 0 atom stereocenters. The number of carbonyl (C=O) groups excluding carboxylic acids is 2. The van der Waals surface area contributed by atoms with Gasteiger partial charge in [0.1, 0.15) is 0 Å². The van der Waals surface area contributed by atoms with E-state index in [2.05, 4.69) is 21.0 Å². The Hall–Kier alpha value is -2.12. The first-order chi connectivity index (χ1) is 12.4. The molecule has 1 aliphatic rings. The van der Waals surface area contributed by atoms with Gasteiger partial charge in [-0.3, -0.25) is 14.3 Å². The van der Waals surface area contributed by atoms with E-state index in [0.717, 1.165) is 5.56 Å². The second-order valence-electron chi connectivity index (χ2n) is 6.00. The van der Waals surface area contributed by atoms with Crippen molar-refractivity contribution in [2.75, 3.05) is 26.2 Å². The van der Waals surface area contributed by atoms with Crippen LogP contribution in [0.5, 0.6) is 0 Å². The van der Waals surface area contributed by atoms with Crippen molar-refractivity contribution in [2.45, 2.75) is 0 Å². The second kappa shape index (κ2) is 8.05. The predicted octanol–water partition coefficient (Wildman–Crippen LogP) is 2.83. The number of hydrogen-bond donors (Lipinski definition) is 0. The number of aromatic nitrogens is 2. The number of benzene rings is 1. The Bertz CT molecular complexity index is 839. The van der Waals surface area contributed by atoms with Crippen molar-refractivity contribution < 1.29 is 9.59 Å². The minimum absolute atomic E-state index is 0.0638. The third-order valence-corrected chi connectivity index (χ3v) is 4.99. The summed E-state index contributed by atoms with van der Waals surface area (Å²) in [5.41, 5.74) is 1.31. The number of carbonyl (C=O) groups is 2. The summed E-state index contributed by atoms with van der Waals surface area (Å²) < 4.78 is 2.27. The first kappa shape index (κ1) is 18.7. The van der Waals surface area contributed by atoms with Crippen LogP contribution >= 0.6 is 27.5 Å². The van der Waals surface area contributed by atoms with Crippen molar-refractivity contribution in [3.05, 3.63) is 57.3 Å². The summed E-state index contributed by atoms with van der Waals surface area (Å²) >= 11 is 9.20. The average Bonchev–Trinajstić information content (AvgIpc) is 2.98. The van der Waals surface area contributed by atoms with Crippen LogP contribution in [0.25, 0.3) is 6.08 Å². The first-order valence-electron chi connectivity index (χ1n) is 8.15. The summed E-state index contributed by atoms with van der Waals surface area (Å²) in [6, 6.07) is 7.28. The second-order valence-corrected chi connectivity index (χ2v) is 7.29. The molecular weight excluding hydrogens is 420 g/mol. The Morgan fingerprint density at radius 2 is 1.73 bits per heavy atom. The number of piperazine rings is 1. The summed E-state index contributed by atoms with van der Waals surface area (Å²) in [6.45, 7) is 1.98. The molecule has 1 saturated heterocycles. The molecule has 0 aliphatic carbocycles. The Morgan fingerprint density at radius 1 is 1.12 bits per heavy atom. The maximum atomic E-state index is 12.5. The Morgan fingerprint density at radius 3 is 2.31 bits per heavy atom. The topological polar surface area (TPSA) is 58.4 Å². The van der Waals surface area contributed by atoms with E-state index in [-0.39, 0.29) is 11.8 Å². The van der Waals surface area contributed by atoms with Gasteiger partial charge in [0.2, 0.25) is 5.91 Å². The molecule has 0 saturated carbocycles. The van der Waals surface area contributed by atoms with Crippen molar-refractivity contribution in [2.24, 2.45) is 7.05 Å². The van der Waals surface area contributed by atoms with Gasteiger partial charge in [0.25, 0.3) is 5.91 Å². The fraction of sp³-hybridized carbons (Fsp3) is 0.278. The molecule has 1 fully saturated rings. The molecule has 136 valence electrons. The molecule has 3 rings (SSSR count). The van der Waals surface area contributed by atoms with Crippen LogP contribution in [0.1, 0.15) is 16.1 Å². The maximum Gasteiger partial charge on any atom is 0.275 e. The maximum absolute atomic E-state index is 12.5. The van der Waals surface area contributed by atoms with Crippen LogP contribution in [0.4, 0.5) is 0 Å². The molecule has 0 N–H and O–H groups in total. The molecule has 0 unspecified atom stereocenters. The minimum Gasteiger partial charge on any atom is -0.336 e. The normalized spacial score (nSPS) is 14.9. The van der Waals surface area contributed by atoms with Gasteiger partial charge < -0.3 is 9.80 Å². The van der Waals surface area contributed by atoms with Crippen molar-refractivity contribution in [3.8, 4) is 0 Å². The lowest BCUT2D eigenvalue weighted by Gasteiger charge is -2.34. The van der Waals surface area contributed by atoms with Gasteiger partial charge in [-0.2, -0.15) is 5.10 Å². The van der Waals surface area contributed by atoms with Gasteiger partial charge in [-0.25, -0.2) is 0 Å². The average molecular weight is 438 g/mol. The third-order valence-electron chi connectivity index (χ3n) is 4.15. The highest BCUT2D eigenvalue weighted by Gasteiger charge is 2.26. The fourth-order valence-corrected chi connectivity index (χ4v) is 3.40. The van der Waals surface area contributed by atoms with Gasteiger partial charge in [-0.05, 0) is 39.7 Å². The van der Waals surface area contributed by atoms with Gasteiger partial charge in [-0.15, -0.1) is 0 Å². The molecule has 1 aromatic carbocycles. The molecule has 1 aliphatic heterocycles. The number of nitrogens with zero attached hydrogens (tertiary/aromatic N) is 4. The zero-order valence-corrected chi connectivity index (χ0v) is 16.6. The lowest BCUT2D eigenvalue weighted by atomic mass is 10.2. The molecular formula is C18H18BrClN4O2. The molecule has 2 aromatic rings. The predicted molar refractivity (Wildman–Crippen MR) is 104 cm³/mol. The molecule has 0 bridgehead atoms. The summed E-state index contributed by atoms with van der Waals surface area (Å²) in [7, 11) is 1.77. The van der Waals surface area contributed by atoms with Crippen LogP contribution in [-0.2, 0) is 11.8 Å². The van der Waals surface area contributed by atoms with E-state index in [4.69, 9.17) is 11.6 Å². The summed E-state index contributed by atoms with van der Waals surface area (Å²) in [5.74, 6) is -0.188. The van der Waals surface area contributed by atoms with Gasteiger partial charge in [-0.1, -0.05) is 23.7 Å². The van der Waals surface area contributed by atoms with Crippen LogP contribution < -0.4 is 0 Å². The molecule has 0 spiro atoms. The van der Waals surface area contributed by atoms with Crippen LogP contribution in [-0.4, -0.2) is 57.6 Å². The molecule has 2 heterocycles. The van der Waals surface area contributed by atoms with E-state index in [1.54, 1.807) is 52.0 Å². The van der Waals surface area contributed by atoms with Gasteiger partial charge >= 0.3 is 0 Å². The number of hydrogen-bond acceptors (Lipinski definition) is 3. The SMILES string of the molecule is Cn1cc(Br)c(C(=O)N2CCN(C(=O)/C=C/c3ccc(Cl)cc3)CC2)n1. The third kappa shape index (κ3) is 4.34. The zero-order valence-electron chi connectivity index (χ0n) is 14.2. The van der Waals surface area contributed by atoms with E-state index in [0.29, 0.717) is 41.4 Å². The quantitative estimate of drug-likeness (QED) is 0.694. The fourth-order valence-electron chi connectivity index (χ4n) is 2.73. The minimum atomic E-state index is -0.124. The molecule has 26 heavy (non-hydrogen) atoms.